The molecule has 0 atom stereocenters. The second-order valence-corrected chi connectivity index (χ2v) is 1.94. The number of hydrogen-bond donors (Lipinski definition) is 1. The summed E-state index contributed by atoms with van der Waals surface area (Å²) in [6, 6.07) is 0. The van der Waals surface area contributed by atoms with Gasteiger partial charge in [0, 0.05) is 13.1 Å². The number of hydrogen-bond acceptors (Lipinski definition) is 2. The summed E-state index contributed by atoms with van der Waals surface area (Å²) in [5.74, 6) is -0.167. The van der Waals surface area contributed by atoms with E-state index in [2.05, 4.69) is 17.1 Å². The lowest BCUT2D eigenvalue weighted by Crippen LogP contribution is -2.12. The number of rotatable bonds is 3. The van der Waals surface area contributed by atoms with Crippen LogP contribution >= 0.6 is 0 Å². The van der Waals surface area contributed by atoms with E-state index >= 15 is 0 Å². The molecule has 0 aromatic carbocycles. The molecule has 0 heterocycles. The van der Waals surface area contributed by atoms with Crippen molar-refractivity contribution < 1.29 is 4.79 Å². The molecular weight excluding hydrogens is 128 g/mol. The maximum Gasteiger partial charge on any atom is 0.236 e. The van der Waals surface area contributed by atoms with Crippen molar-refractivity contribution in [2.45, 2.75) is 20.3 Å². The van der Waals surface area contributed by atoms with Gasteiger partial charge in [-0.2, -0.15) is 5.10 Å². The first-order valence-corrected chi connectivity index (χ1v) is 3.14. The van der Waals surface area contributed by atoms with Crippen LogP contribution in [0.25, 0.3) is 0 Å². The van der Waals surface area contributed by atoms with Crippen molar-refractivity contribution in [2.24, 2.45) is 5.10 Å². The van der Waals surface area contributed by atoms with Crippen molar-refractivity contribution in [3.05, 3.63) is 12.2 Å². The van der Waals surface area contributed by atoms with Crippen LogP contribution in [0.4, 0.5) is 0 Å². The van der Waals surface area contributed by atoms with Gasteiger partial charge in [-0.25, -0.2) is 5.43 Å². The second-order valence-electron chi connectivity index (χ2n) is 1.94. The zero-order valence-corrected chi connectivity index (χ0v) is 6.35. The maximum absolute atomic E-state index is 10.3. The molecule has 1 amide bonds. The molecule has 56 valence electrons. The molecule has 10 heavy (non-hydrogen) atoms. The lowest BCUT2D eigenvalue weighted by molar-refractivity contribution is -0.118. The third kappa shape index (κ3) is 5.03. The quantitative estimate of drug-likeness (QED) is 0.462. The molecule has 0 radical (unpaired) electrons. The van der Waals surface area contributed by atoms with Gasteiger partial charge < -0.3 is 0 Å². The van der Waals surface area contributed by atoms with Gasteiger partial charge in [0.05, 0.1) is 0 Å². The lowest BCUT2D eigenvalue weighted by atomic mass is 10.3. The molecular formula is C7H12N2O. The highest BCUT2D eigenvalue weighted by molar-refractivity contribution is 5.80. The fourth-order valence-electron chi connectivity index (χ4n) is 0.306. The highest BCUT2D eigenvalue weighted by Crippen LogP contribution is 1.89. The van der Waals surface area contributed by atoms with Crippen LogP contribution in [0, 0.1) is 0 Å². The highest BCUT2D eigenvalue weighted by atomic mass is 16.2. The van der Waals surface area contributed by atoms with E-state index in [1.165, 1.54) is 6.92 Å². The minimum absolute atomic E-state index is 0.167. The fourth-order valence-corrected chi connectivity index (χ4v) is 0.306. The Labute approximate surface area is 60.8 Å². The normalized spacial score (nSPS) is 9.80. The van der Waals surface area contributed by atoms with E-state index in [1.807, 2.05) is 6.92 Å². The molecule has 0 spiro atoms. The Balaban J connectivity index is 3.56. The lowest BCUT2D eigenvalue weighted by Gasteiger charge is -1.91. The number of nitrogens with one attached hydrogen (secondary N) is 1. The van der Waals surface area contributed by atoms with Crippen LogP contribution in [-0.2, 0) is 4.79 Å². The van der Waals surface area contributed by atoms with Gasteiger partial charge in [0.25, 0.3) is 0 Å². The average molecular weight is 140 g/mol. The molecule has 0 aliphatic heterocycles. The first kappa shape index (κ1) is 8.88. The molecule has 0 aliphatic rings. The standard InChI is InChI=1S/C7H12N2O/c1-4-6(2)5-8-9-7(3)10/h5H,2,4H2,1,3H3,(H,9,10)/b8-5+. The molecule has 0 fully saturated rings. The van der Waals surface area contributed by atoms with Crippen molar-refractivity contribution in [2.75, 3.05) is 0 Å². The Morgan fingerprint density at radius 2 is 2.40 bits per heavy atom. The molecule has 0 bridgehead atoms. The first-order valence-electron chi connectivity index (χ1n) is 3.14. The largest absolute Gasteiger partial charge is 0.274 e. The van der Waals surface area contributed by atoms with Crippen molar-refractivity contribution >= 4 is 12.1 Å². The van der Waals surface area contributed by atoms with Crippen molar-refractivity contribution in [3.63, 3.8) is 0 Å². The summed E-state index contributed by atoms with van der Waals surface area (Å²) in [7, 11) is 0. The van der Waals surface area contributed by atoms with Crippen LogP contribution in [0.1, 0.15) is 20.3 Å². The monoisotopic (exact) mass is 140 g/mol. The van der Waals surface area contributed by atoms with Crippen LogP contribution < -0.4 is 5.43 Å². The number of carbonyl (C=O) groups is 1. The van der Waals surface area contributed by atoms with Crippen LogP contribution in [0.2, 0.25) is 0 Å². The van der Waals surface area contributed by atoms with Gasteiger partial charge in [-0.3, -0.25) is 4.79 Å². The molecule has 0 rings (SSSR count). The zero-order chi connectivity index (χ0) is 7.98. The van der Waals surface area contributed by atoms with Crippen molar-refractivity contribution in [1.29, 1.82) is 0 Å². The Bertz CT molecular complexity index is 161. The van der Waals surface area contributed by atoms with E-state index < -0.39 is 0 Å². The van der Waals surface area contributed by atoms with Crippen LogP contribution in [-0.4, -0.2) is 12.1 Å². The van der Waals surface area contributed by atoms with E-state index in [0.29, 0.717) is 0 Å². The molecule has 0 saturated carbocycles. The second kappa shape index (κ2) is 4.73. The number of hydrazone groups is 1. The van der Waals surface area contributed by atoms with E-state index in [4.69, 9.17) is 0 Å². The van der Waals surface area contributed by atoms with Gasteiger partial charge in [0.1, 0.15) is 0 Å². The fraction of sp³-hybridized carbons (Fsp3) is 0.429. The molecule has 0 aromatic heterocycles. The summed E-state index contributed by atoms with van der Waals surface area (Å²) in [5, 5.41) is 3.62. The summed E-state index contributed by atoms with van der Waals surface area (Å²) in [6.07, 6.45) is 2.39. The van der Waals surface area contributed by atoms with E-state index in [1.54, 1.807) is 6.21 Å². The van der Waals surface area contributed by atoms with Gasteiger partial charge >= 0.3 is 0 Å². The third-order valence-corrected chi connectivity index (χ3v) is 0.923. The number of allylic oxidation sites excluding steroid dienone is 1. The average Bonchev–Trinajstić information content (AvgIpc) is 1.87. The minimum Gasteiger partial charge on any atom is -0.274 e. The Morgan fingerprint density at radius 1 is 1.80 bits per heavy atom. The predicted octanol–water partition coefficient (Wildman–Crippen LogP) is 1.07. The van der Waals surface area contributed by atoms with Gasteiger partial charge in [0.15, 0.2) is 0 Å². The molecule has 0 saturated heterocycles. The highest BCUT2D eigenvalue weighted by Gasteiger charge is 1.84. The molecule has 1 N–H and O–H groups in total. The van der Waals surface area contributed by atoms with E-state index in [9.17, 15) is 4.79 Å². The summed E-state index contributed by atoms with van der Waals surface area (Å²) < 4.78 is 0. The van der Waals surface area contributed by atoms with Crippen molar-refractivity contribution in [3.8, 4) is 0 Å². The summed E-state index contributed by atoms with van der Waals surface area (Å²) in [4.78, 5) is 10.3. The molecule has 0 aromatic rings. The third-order valence-electron chi connectivity index (χ3n) is 0.923. The van der Waals surface area contributed by atoms with Gasteiger partial charge in [-0.15, -0.1) is 0 Å². The van der Waals surface area contributed by atoms with Crippen LogP contribution in [0.3, 0.4) is 0 Å². The maximum atomic E-state index is 10.3. The first-order chi connectivity index (χ1) is 4.66. The number of amides is 1. The van der Waals surface area contributed by atoms with Gasteiger partial charge in [-0.1, -0.05) is 13.5 Å². The molecule has 0 unspecified atom stereocenters. The van der Waals surface area contributed by atoms with Crippen molar-refractivity contribution in [1.82, 2.24) is 5.43 Å². The van der Waals surface area contributed by atoms with Crippen LogP contribution in [0.15, 0.2) is 17.3 Å². The Morgan fingerprint density at radius 3 is 2.80 bits per heavy atom. The van der Waals surface area contributed by atoms with E-state index in [-0.39, 0.29) is 5.91 Å². The predicted molar refractivity (Wildman–Crippen MR) is 41.7 cm³/mol. The Kier molecular flexibility index (Phi) is 4.20. The number of nitrogens with zero attached hydrogens (tertiary/aromatic N) is 1. The summed E-state index contributed by atoms with van der Waals surface area (Å²) >= 11 is 0. The van der Waals surface area contributed by atoms with Crippen LogP contribution in [0.5, 0.6) is 0 Å². The number of carbonyl (C=O) groups excluding carboxylic acids is 1. The van der Waals surface area contributed by atoms with Gasteiger partial charge in [-0.05, 0) is 12.0 Å². The van der Waals surface area contributed by atoms with Gasteiger partial charge in [0.2, 0.25) is 5.91 Å². The summed E-state index contributed by atoms with van der Waals surface area (Å²) in [6.45, 7) is 7.05. The zero-order valence-electron chi connectivity index (χ0n) is 6.35. The molecule has 0 aliphatic carbocycles. The molecule has 3 nitrogen and oxygen atoms in total. The van der Waals surface area contributed by atoms with E-state index in [0.717, 1.165) is 12.0 Å². The topological polar surface area (TPSA) is 41.5 Å². The smallest absolute Gasteiger partial charge is 0.236 e. The summed E-state index contributed by atoms with van der Waals surface area (Å²) in [5.41, 5.74) is 3.18. The Hall–Kier alpha value is -1.12. The molecule has 3 heteroatoms. The minimum atomic E-state index is -0.167. The SMILES string of the molecule is C=C(/C=N/NC(C)=O)CC.